The number of aryl methyl sites for hydroxylation is 2. The van der Waals surface area contributed by atoms with Crippen LogP contribution < -0.4 is 9.35 Å². The number of nitrogens with one attached hydrogen (secondary N) is 1. The van der Waals surface area contributed by atoms with E-state index in [2.05, 4.69) is 10.8 Å². The number of nitrogens with zero attached hydrogens (tertiary/aromatic N) is 5. The largest absolute Gasteiger partial charge is 0.327 e. The summed E-state index contributed by atoms with van der Waals surface area (Å²) in [6, 6.07) is 3.63. The molecule has 0 radical (unpaired) electrons. The van der Waals surface area contributed by atoms with Crippen LogP contribution in [0.2, 0.25) is 0 Å². The highest BCUT2D eigenvalue weighted by atomic mass is 32.2. The Balaban J connectivity index is 1.50. The Hall–Kier alpha value is -2.53. The lowest BCUT2D eigenvalue weighted by Gasteiger charge is -2.32. The Morgan fingerprint density at radius 3 is 2.69 bits per heavy atom. The van der Waals surface area contributed by atoms with Crippen molar-refractivity contribution in [2.75, 3.05) is 17.5 Å². The standard InChI is InChI=1S/C21H26N6O3S2/c1-13-10-16(15-7-8-15)22-26-12-18(23-27(13)26)19-6-4-5-9-25(19)21(28)20-17(11-14(2)31-20)24-32(3,29)30/h10-12,15,19H,4-9H2,1-3H3/p+1/t19-/m0/s1. The lowest BCUT2D eigenvalue weighted by Crippen LogP contribution is -2.39. The average molecular weight is 476 g/mol. The fourth-order valence-corrected chi connectivity index (χ4v) is 5.93. The highest BCUT2D eigenvalue weighted by Crippen LogP contribution is 2.39. The summed E-state index contributed by atoms with van der Waals surface area (Å²) in [6.07, 6.45) is 8.10. The lowest BCUT2D eigenvalue weighted by atomic mass is 9.99. The van der Waals surface area contributed by atoms with E-state index in [0.717, 1.165) is 47.5 Å². The molecule has 3 aromatic rings. The quantitative estimate of drug-likeness (QED) is 0.572. The second kappa shape index (κ2) is 7.80. The number of carbonyl (C=O) groups excluding carboxylic acids is 1. The van der Waals surface area contributed by atoms with Gasteiger partial charge in [-0.15, -0.1) is 11.3 Å². The highest BCUT2D eigenvalue weighted by molar-refractivity contribution is 7.92. The Kier molecular flexibility index (Phi) is 5.20. The SMILES string of the molecule is Cc1cc(NS(C)(=O)=O)c(C(=O)N2CCCC[C@H]2c2c[n+]3nc(C4CC4)cc(C)n3n2)s1. The number of carbonyl (C=O) groups is 1. The van der Waals surface area contributed by atoms with Crippen LogP contribution in [0, 0.1) is 13.8 Å². The first-order valence-electron chi connectivity index (χ1n) is 10.9. The van der Waals surface area contributed by atoms with E-state index in [1.165, 1.54) is 24.2 Å². The number of piperidine rings is 1. The maximum absolute atomic E-state index is 13.6. The smallest absolute Gasteiger partial charge is 0.266 e. The molecule has 170 valence electrons. The molecule has 0 unspecified atom stereocenters. The molecule has 0 bridgehead atoms. The van der Waals surface area contributed by atoms with Crippen molar-refractivity contribution in [1.29, 1.82) is 0 Å². The number of sulfonamides is 1. The number of hydrogen-bond donors (Lipinski definition) is 1. The molecule has 1 atom stereocenters. The number of hydrogen-bond acceptors (Lipinski definition) is 6. The molecule has 0 aromatic carbocycles. The highest BCUT2D eigenvalue weighted by Gasteiger charge is 2.37. The van der Waals surface area contributed by atoms with Crippen molar-refractivity contribution in [3.63, 3.8) is 0 Å². The molecule has 1 saturated heterocycles. The number of amides is 1. The number of aromatic nitrogens is 4. The van der Waals surface area contributed by atoms with Crippen LogP contribution in [0.4, 0.5) is 5.69 Å². The van der Waals surface area contributed by atoms with E-state index in [1.54, 1.807) is 15.3 Å². The van der Waals surface area contributed by atoms with Gasteiger partial charge in [-0.1, -0.05) is 5.10 Å². The molecule has 1 aliphatic carbocycles. The molecule has 1 amide bonds. The van der Waals surface area contributed by atoms with Crippen molar-refractivity contribution >= 4 is 33.0 Å². The topological polar surface area (TPSA) is 101 Å². The van der Waals surface area contributed by atoms with E-state index in [4.69, 9.17) is 10.2 Å². The van der Waals surface area contributed by atoms with Crippen LogP contribution in [-0.4, -0.2) is 46.9 Å². The van der Waals surface area contributed by atoms with Crippen molar-refractivity contribution in [1.82, 2.24) is 19.7 Å². The Morgan fingerprint density at radius 1 is 1.19 bits per heavy atom. The van der Waals surface area contributed by atoms with Gasteiger partial charge in [0.1, 0.15) is 16.6 Å². The summed E-state index contributed by atoms with van der Waals surface area (Å²) in [5, 5.41) is 9.52. The maximum atomic E-state index is 13.6. The predicted octanol–water partition coefficient (Wildman–Crippen LogP) is 2.61. The van der Waals surface area contributed by atoms with Crippen LogP contribution >= 0.6 is 11.3 Å². The first kappa shape index (κ1) is 21.3. The molecular formula is C21H27N6O3S2+. The summed E-state index contributed by atoms with van der Waals surface area (Å²) in [5.74, 6) is 0.379. The van der Waals surface area contributed by atoms with Gasteiger partial charge in [0.25, 0.3) is 5.91 Å². The van der Waals surface area contributed by atoms with Crippen LogP contribution in [0.5, 0.6) is 0 Å². The molecule has 4 heterocycles. The van der Waals surface area contributed by atoms with E-state index in [9.17, 15) is 13.2 Å². The van der Waals surface area contributed by atoms with E-state index in [1.807, 2.05) is 24.9 Å². The van der Waals surface area contributed by atoms with Crippen molar-refractivity contribution in [2.45, 2.75) is 57.9 Å². The van der Waals surface area contributed by atoms with Crippen LogP contribution in [0.3, 0.4) is 0 Å². The first-order chi connectivity index (χ1) is 15.2. The third-order valence-electron chi connectivity index (χ3n) is 5.99. The molecular weight excluding hydrogens is 448 g/mol. The van der Waals surface area contributed by atoms with Crippen molar-refractivity contribution in [3.8, 4) is 0 Å². The maximum Gasteiger partial charge on any atom is 0.266 e. The van der Waals surface area contributed by atoms with Crippen molar-refractivity contribution < 1.29 is 17.8 Å². The van der Waals surface area contributed by atoms with Gasteiger partial charge in [-0.05, 0) is 62.7 Å². The number of likely N-dealkylation sites (tertiary alicyclic amines) is 1. The van der Waals surface area contributed by atoms with E-state index in [-0.39, 0.29) is 11.9 Å². The zero-order chi connectivity index (χ0) is 22.6. The van der Waals surface area contributed by atoms with Gasteiger partial charge in [0.05, 0.1) is 22.7 Å². The molecule has 2 fully saturated rings. The molecule has 1 saturated carbocycles. The summed E-state index contributed by atoms with van der Waals surface area (Å²) in [6.45, 7) is 4.50. The van der Waals surface area contributed by atoms with E-state index < -0.39 is 10.0 Å². The minimum Gasteiger partial charge on any atom is -0.327 e. The van der Waals surface area contributed by atoms with Gasteiger partial charge in [0, 0.05) is 22.0 Å². The van der Waals surface area contributed by atoms with Gasteiger partial charge in [-0.3, -0.25) is 9.52 Å². The summed E-state index contributed by atoms with van der Waals surface area (Å²) in [4.78, 5) is 16.7. The molecule has 1 N–H and O–H groups in total. The second-order valence-corrected chi connectivity index (χ2v) is 11.8. The number of fused-ring (bicyclic) bond motifs is 1. The Labute approximate surface area is 191 Å². The van der Waals surface area contributed by atoms with Gasteiger partial charge in [-0.2, -0.15) is 0 Å². The van der Waals surface area contributed by atoms with Gasteiger partial charge in [0.2, 0.25) is 15.7 Å². The molecule has 1 aliphatic heterocycles. The molecule has 9 nitrogen and oxygen atoms in total. The van der Waals surface area contributed by atoms with Gasteiger partial charge >= 0.3 is 0 Å². The summed E-state index contributed by atoms with van der Waals surface area (Å²) >= 11 is 1.31. The van der Waals surface area contributed by atoms with Gasteiger partial charge in [0.15, 0.2) is 6.20 Å². The number of thiophene rings is 1. The molecule has 3 aromatic heterocycles. The molecule has 0 spiro atoms. The molecule has 11 heteroatoms. The summed E-state index contributed by atoms with van der Waals surface area (Å²) in [7, 11) is -3.49. The fraction of sp³-hybridized carbons (Fsp3) is 0.524. The monoisotopic (exact) mass is 475 g/mol. The number of anilines is 1. The Bertz CT molecular complexity index is 1310. The normalized spacial score (nSPS) is 19.5. The van der Waals surface area contributed by atoms with Crippen LogP contribution in [0.25, 0.3) is 0 Å². The van der Waals surface area contributed by atoms with E-state index in [0.29, 0.717) is 23.0 Å². The predicted molar refractivity (Wildman–Crippen MR) is 121 cm³/mol. The van der Waals surface area contributed by atoms with Crippen molar-refractivity contribution in [3.05, 3.63) is 45.2 Å². The average Bonchev–Trinajstić information content (AvgIpc) is 3.39. The zero-order valence-corrected chi connectivity index (χ0v) is 20.0. The van der Waals surface area contributed by atoms with Crippen LogP contribution in [-0.2, 0) is 10.0 Å². The van der Waals surface area contributed by atoms with Gasteiger partial charge < -0.3 is 4.90 Å². The van der Waals surface area contributed by atoms with Crippen LogP contribution in [0.15, 0.2) is 18.3 Å². The summed E-state index contributed by atoms with van der Waals surface area (Å²) in [5.41, 5.74) is 3.25. The number of rotatable bonds is 5. The van der Waals surface area contributed by atoms with Crippen molar-refractivity contribution in [2.24, 2.45) is 0 Å². The summed E-state index contributed by atoms with van der Waals surface area (Å²) < 4.78 is 29.7. The van der Waals surface area contributed by atoms with Crippen LogP contribution in [0.1, 0.15) is 75.7 Å². The molecule has 32 heavy (non-hydrogen) atoms. The molecule has 2 aliphatic rings. The minimum atomic E-state index is -3.49. The molecule has 5 rings (SSSR count). The zero-order valence-electron chi connectivity index (χ0n) is 18.4. The van der Waals surface area contributed by atoms with E-state index >= 15 is 0 Å². The minimum absolute atomic E-state index is 0.163. The lowest BCUT2D eigenvalue weighted by molar-refractivity contribution is -0.684. The third-order valence-corrected chi connectivity index (χ3v) is 7.62. The van der Waals surface area contributed by atoms with Gasteiger partial charge in [-0.25, -0.2) is 8.42 Å². The Morgan fingerprint density at radius 2 is 1.97 bits per heavy atom. The first-order valence-corrected chi connectivity index (χ1v) is 13.6. The fourth-order valence-electron chi connectivity index (χ4n) is 4.38. The third kappa shape index (κ3) is 4.11. The second-order valence-electron chi connectivity index (χ2n) is 8.83.